The summed E-state index contributed by atoms with van der Waals surface area (Å²) in [6.45, 7) is 2.01. The van der Waals surface area contributed by atoms with Gasteiger partial charge in [0.1, 0.15) is 17.7 Å². The van der Waals surface area contributed by atoms with Crippen LogP contribution in [0.3, 0.4) is 0 Å². The van der Waals surface area contributed by atoms with E-state index in [4.69, 9.17) is 20.8 Å². The van der Waals surface area contributed by atoms with Crippen molar-refractivity contribution in [2.45, 2.75) is 56.7 Å². The Morgan fingerprint density at radius 1 is 1.04 bits per heavy atom. The number of carbonyl (C=O) groups is 3. The van der Waals surface area contributed by atoms with Gasteiger partial charge in [-0.2, -0.15) is 0 Å². The molecule has 1 aromatic heterocycles. The average molecular weight is 716 g/mol. The smallest absolute Gasteiger partial charge is 0.306 e. The number of carboxylic acid groups (broad SMARTS) is 1. The van der Waals surface area contributed by atoms with E-state index < -0.39 is 27.5 Å². The summed E-state index contributed by atoms with van der Waals surface area (Å²) in [6, 6.07) is 9.26. The Labute approximate surface area is 288 Å². The topological polar surface area (TPSA) is 146 Å². The lowest BCUT2D eigenvalue weighted by molar-refractivity contribution is -0.144. The number of aliphatic carboxylic acids is 1. The molecule has 0 spiro atoms. The number of rotatable bonds is 9. The third kappa shape index (κ3) is 7.21. The molecule has 0 unspecified atom stereocenters. The van der Waals surface area contributed by atoms with Gasteiger partial charge in [-0.3, -0.25) is 19.3 Å². The first-order chi connectivity index (χ1) is 23.4. The minimum Gasteiger partial charge on any atom is -0.481 e. The van der Waals surface area contributed by atoms with Gasteiger partial charge in [-0.25, -0.2) is 12.8 Å². The van der Waals surface area contributed by atoms with Crippen molar-refractivity contribution in [2.75, 3.05) is 43.1 Å². The zero-order chi connectivity index (χ0) is 34.4. The summed E-state index contributed by atoms with van der Waals surface area (Å²) in [7, 11) is -3.01. The van der Waals surface area contributed by atoms with Crippen molar-refractivity contribution < 1.29 is 41.5 Å². The number of para-hydroxylation sites is 1. The maximum Gasteiger partial charge on any atom is 0.306 e. The van der Waals surface area contributed by atoms with Gasteiger partial charge in [0.15, 0.2) is 9.84 Å². The molecule has 2 amide bonds. The van der Waals surface area contributed by atoms with E-state index in [9.17, 15) is 27.9 Å². The molecule has 3 aromatic rings. The molecule has 262 valence electrons. The van der Waals surface area contributed by atoms with Gasteiger partial charge in [0, 0.05) is 31.1 Å². The van der Waals surface area contributed by atoms with Crippen LogP contribution in [0.2, 0.25) is 5.02 Å². The number of benzene rings is 2. The molecule has 7 rings (SSSR count). The second-order valence-electron chi connectivity index (χ2n) is 14.0. The zero-order valence-electron chi connectivity index (χ0n) is 26.9. The number of ether oxygens (including phenoxy) is 1. The highest BCUT2D eigenvalue weighted by atomic mass is 35.5. The molecule has 0 radical (unpaired) electrons. The van der Waals surface area contributed by atoms with Crippen molar-refractivity contribution in [1.29, 1.82) is 0 Å². The minimum atomic E-state index is -3.01. The van der Waals surface area contributed by atoms with Crippen LogP contribution in [-0.2, 0) is 30.6 Å². The van der Waals surface area contributed by atoms with E-state index in [1.807, 2.05) is 0 Å². The second-order valence-corrected chi connectivity index (χ2v) is 16.5. The Kier molecular flexibility index (Phi) is 9.46. The van der Waals surface area contributed by atoms with Gasteiger partial charge in [0.05, 0.1) is 58.9 Å². The van der Waals surface area contributed by atoms with Crippen molar-refractivity contribution in [3.8, 4) is 0 Å². The molecule has 2 N–H and O–H groups in total. The summed E-state index contributed by atoms with van der Waals surface area (Å²) in [5, 5.41) is 12.7. The quantitative estimate of drug-likeness (QED) is 0.324. The predicted octanol–water partition coefficient (Wildman–Crippen LogP) is 4.63. The van der Waals surface area contributed by atoms with Gasteiger partial charge in [0.25, 0.3) is 5.91 Å². The lowest BCUT2D eigenvalue weighted by Gasteiger charge is -2.30. The van der Waals surface area contributed by atoms with Gasteiger partial charge < -0.3 is 24.5 Å². The fraction of sp³-hybridized carbons (Fsp3) is 0.514. The molecule has 4 aliphatic rings. The molecular weight excluding hydrogens is 677 g/mol. The van der Waals surface area contributed by atoms with Crippen LogP contribution in [0.25, 0.3) is 11.0 Å². The molecule has 4 heterocycles. The van der Waals surface area contributed by atoms with Crippen LogP contribution in [0.15, 0.2) is 47.1 Å². The largest absolute Gasteiger partial charge is 0.481 e. The lowest BCUT2D eigenvalue weighted by Crippen LogP contribution is -2.41. The maximum atomic E-state index is 15.5. The Bertz CT molecular complexity index is 1860. The Morgan fingerprint density at radius 2 is 1.76 bits per heavy atom. The summed E-state index contributed by atoms with van der Waals surface area (Å²) in [5.74, 6) is -2.05. The van der Waals surface area contributed by atoms with E-state index in [0.29, 0.717) is 62.7 Å². The van der Waals surface area contributed by atoms with E-state index in [1.54, 1.807) is 29.2 Å². The molecule has 4 atom stereocenters. The number of nitrogens with zero attached hydrogens (tertiary/aromatic N) is 2. The van der Waals surface area contributed by atoms with Gasteiger partial charge >= 0.3 is 5.97 Å². The molecule has 0 bridgehead atoms. The van der Waals surface area contributed by atoms with Gasteiger partial charge in [-0.15, -0.1) is 0 Å². The van der Waals surface area contributed by atoms with Crippen LogP contribution in [0, 0.1) is 23.6 Å². The van der Waals surface area contributed by atoms with Crippen molar-refractivity contribution in [3.05, 3.63) is 64.6 Å². The molecule has 3 saturated heterocycles. The van der Waals surface area contributed by atoms with Gasteiger partial charge in [-0.05, 0) is 67.7 Å². The van der Waals surface area contributed by atoms with Crippen LogP contribution in [0.1, 0.15) is 48.0 Å². The first-order valence-electron chi connectivity index (χ1n) is 16.8. The highest BCUT2D eigenvalue weighted by Gasteiger charge is 2.48. The number of sulfone groups is 1. The maximum absolute atomic E-state index is 15.5. The highest BCUT2D eigenvalue weighted by Crippen LogP contribution is 2.37. The number of amides is 2. The molecule has 14 heteroatoms. The van der Waals surface area contributed by atoms with Gasteiger partial charge in [-0.1, -0.05) is 29.8 Å². The van der Waals surface area contributed by atoms with Crippen LogP contribution in [-0.4, -0.2) is 97.0 Å². The van der Waals surface area contributed by atoms with E-state index in [1.165, 1.54) is 12.3 Å². The summed E-state index contributed by atoms with van der Waals surface area (Å²) < 4.78 is 51.6. The number of hydrogen-bond donors (Lipinski definition) is 2. The van der Waals surface area contributed by atoms with Crippen LogP contribution in [0.5, 0.6) is 0 Å². The summed E-state index contributed by atoms with van der Waals surface area (Å²) >= 11 is 6.50. The molecule has 1 saturated carbocycles. The fourth-order valence-electron chi connectivity index (χ4n) is 8.14. The zero-order valence-corrected chi connectivity index (χ0v) is 28.4. The van der Waals surface area contributed by atoms with Crippen LogP contribution < -0.4 is 5.32 Å². The summed E-state index contributed by atoms with van der Waals surface area (Å²) in [4.78, 5) is 42.3. The number of carbonyl (C=O) groups excluding carboxylic acids is 2. The second kappa shape index (κ2) is 13.7. The summed E-state index contributed by atoms with van der Waals surface area (Å²) in [6.07, 6.45) is 3.99. The normalized spacial score (nSPS) is 28.2. The van der Waals surface area contributed by atoms with E-state index in [2.05, 4.69) is 10.2 Å². The standard InChI is InChI=1S/C35H39ClFN3O8S/c36-29-9-21(30(37)12-31(29)38-34(42)28-17-48-32-4-2-1-3-27(28)32)10-33(41)40-15-24(39-13-22-18-49(45,46)19-23(22)14-39)11-25(40)16-47-26-7-5-20(6-8-26)35(43)44/h1-4,9,12,17,20,22-26H,5-8,10-11,13-16,18-19H2,(H,38,42)(H,43,44)/t20?,22-,23+,24-,25-,26?/m0/s1. The van der Waals surface area contributed by atoms with E-state index in [-0.39, 0.29) is 88.2 Å². The Morgan fingerprint density at radius 3 is 2.47 bits per heavy atom. The van der Waals surface area contributed by atoms with Crippen LogP contribution in [0.4, 0.5) is 10.1 Å². The number of carboxylic acids is 1. The number of fused-ring (bicyclic) bond motifs is 2. The Balaban J connectivity index is 1.03. The monoisotopic (exact) mass is 715 g/mol. The molecule has 4 fully saturated rings. The van der Waals surface area contributed by atoms with Crippen LogP contribution >= 0.6 is 11.6 Å². The van der Waals surface area contributed by atoms with Crippen molar-refractivity contribution in [3.63, 3.8) is 0 Å². The average Bonchev–Trinajstić information content (AvgIpc) is 3.83. The molecule has 3 aliphatic heterocycles. The van der Waals surface area contributed by atoms with Crippen molar-refractivity contribution >= 4 is 55.9 Å². The van der Waals surface area contributed by atoms with Gasteiger partial charge in [0.2, 0.25) is 5.91 Å². The number of furan rings is 1. The van der Waals surface area contributed by atoms with E-state index in [0.717, 1.165) is 6.07 Å². The van der Waals surface area contributed by atoms with Crippen molar-refractivity contribution in [1.82, 2.24) is 9.80 Å². The number of hydrogen-bond acceptors (Lipinski definition) is 8. The predicted molar refractivity (Wildman–Crippen MR) is 180 cm³/mol. The first kappa shape index (κ1) is 34.0. The lowest BCUT2D eigenvalue weighted by atomic mass is 9.87. The molecule has 11 nitrogen and oxygen atoms in total. The number of likely N-dealkylation sites (tertiary alicyclic amines) is 2. The summed E-state index contributed by atoms with van der Waals surface area (Å²) in [5.41, 5.74) is 0.981. The number of halogens is 2. The number of anilines is 1. The SMILES string of the molecule is O=C(Nc1cc(F)c(CC(=O)N2C[C@@H](N3C[C@@H]4CS(=O)(=O)C[C@@H]4C3)C[C@H]2COC2CCC(C(=O)O)CC2)cc1Cl)c1coc2ccccc12. The molecule has 49 heavy (non-hydrogen) atoms. The third-order valence-electron chi connectivity index (χ3n) is 10.8. The Hall–Kier alpha value is -3.52. The highest BCUT2D eigenvalue weighted by molar-refractivity contribution is 7.91. The van der Waals surface area contributed by atoms with E-state index >= 15 is 4.39 Å². The fourth-order valence-corrected chi connectivity index (χ4v) is 10.6. The molecular formula is C35H39ClFN3O8S. The molecule has 2 aromatic carbocycles. The number of nitrogens with one attached hydrogen (secondary N) is 1. The first-order valence-corrected chi connectivity index (χ1v) is 19.0. The molecule has 1 aliphatic carbocycles. The third-order valence-corrected chi connectivity index (χ3v) is 13.0. The minimum absolute atomic E-state index is 0.0126. The van der Waals surface area contributed by atoms with Crippen molar-refractivity contribution in [2.24, 2.45) is 17.8 Å².